The van der Waals surface area contributed by atoms with E-state index in [4.69, 9.17) is 21.0 Å². The number of nitrogens with zero attached hydrogens (tertiary/aromatic N) is 5. The first-order valence-corrected chi connectivity index (χ1v) is 10.9. The summed E-state index contributed by atoms with van der Waals surface area (Å²) in [4.78, 5) is 0. The van der Waals surface area contributed by atoms with Crippen molar-refractivity contribution in [3.05, 3.63) is 110 Å². The zero-order valence-electron chi connectivity index (χ0n) is 19.3. The van der Waals surface area contributed by atoms with Gasteiger partial charge in [0.1, 0.15) is 41.5 Å². The Morgan fingerprint density at radius 3 is 1.24 bits per heavy atom. The summed E-state index contributed by atoms with van der Waals surface area (Å²) in [7, 11) is 0. The van der Waals surface area contributed by atoms with Gasteiger partial charge in [-0.3, -0.25) is 0 Å². The highest BCUT2D eigenvalue weighted by Gasteiger charge is 2.36. The quantitative estimate of drug-likeness (QED) is 0.477. The van der Waals surface area contributed by atoms with Crippen LogP contribution in [-0.2, 0) is 6.18 Å². The lowest BCUT2D eigenvalue weighted by Crippen LogP contribution is -2.11. The fourth-order valence-electron chi connectivity index (χ4n) is 4.02. The van der Waals surface area contributed by atoms with Crippen molar-refractivity contribution in [2.24, 2.45) is 0 Å². The van der Waals surface area contributed by atoms with E-state index in [1.54, 1.807) is 48.5 Å². The van der Waals surface area contributed by atoms with Crippen LogP contribution in [0.15, 0.2) is 78.4 Å². The monoisotopic (exact) mass is 499 g/mol. The molecule has 38 heavy (non-hydrogen) atoms. The van der Waals surface area contributed by atoms with Crippen molar-refractivity contribution in [2.75, 3.05) is 0 Å². The first-order chi connectivity index (χ1) is 18.3. The van der Waals surface area contributed by atoms with Crippen LogP contribution >= 0.6 is 0 Å². The van der Waals surface area contributed by atoms with Crippen LogP contribution in [0.25, 0.3) is 27.9 Å². The largest absolute Gasteiger partial charge is 0.416 e. The van der Waals surface area contributed by atoms with E-state index in [2.05, 4.69) is 6.07 Å². The molecular formula is C30H12F3N5. The van der Waals surface area contributed by atoms with Gasteiger partial charge >= 0.3 is 6.18 Å². The van der Waals surface area contributed by atoms with E-state index in [9.17, 15) is 18.4 Å². The highest BCUT2D eigenvalue weighted by atomic mass is 19.4. The number of hydrogen-bond acceptors (Lipinski definition) is 5. The molecule has 0 N–H and O–H groups in total. The summed E-state index contributed by atoms with van der Waals surface area (Å²) in [6.07, 6.45) is -4.51. The van der Waals surface area contributed by atoms with Crippen LogP contribution in [0.1, 0.15) is 11.1 Å². The molecule has 0 aliphatic heterocycles. The first kappa shape index (κ1) is 25.2. The van der Waals surface area contributed by atoms with E-state index < -0.39 is 11.7 Å². The van der Waals surface area contributed by atoms with Gasteiger partial charge < -0.3 is 0 Å². The van der Waals surface area contributed by atoms with Gasteiger partial charge in [-0.25, -0.2) is 0 Å². The van der Waals surface area contributed by atoms with E-state index in [-0.39, 0.29) is 16.7 Å². The van der Waals surface area contributed by atoms with Crippen molar-refractivity contribution in [3.63, 3.8) is 0 Å². The van der Waals surface area contributed by atoms with E-state index in [0.29, 0.717) is 43.2 Å². The highest BCUT2D eigenvalue weighted by molar-refractivity contribution is 6.33. The van der Waals surface area contributed by atoms with Crippen LogP contribution in [0.2, 0.25) is 0 Å². The molecule has 3 aromatic rings. The maximum atomic E-state index is 13.1. The molecule has 0 spiro atoms. The summed E-state index contributed by atoms with van der Waals surface area (Å²) in [6.45, 7) is 0. The van der Waals surface area contributed by atoms with E-state index in [1.807, 2.05) is 24.3 Å². The second kappa shape index (κ2) is 10.0. The first-order valence-electron chi connectivity index (χ1n) is 10.9. The summed E-state index contributed by atoms with van der Waals surface area (Å²) in [6, 6.07) is 26.9. The van der Waals surface area contributed by atoms with Gasteiger partial charge in [-0.15, -0.1) is 0 Å². The summed E-state index contributed by atoms with van der Waals surface area (Å²) in [5, 5.41) is 48.7. The van der Waals surface area contributed by atoms with E-state index in [1.165, 1.54) is 12.1 Å². The molecule has 0 bridgehead atoms. The Morgan fingerprint density at radius 2 is 0.921 bits per heavy atom. The molecule has 0 atom stereocenters. The number of rotatable bonds is 1. The molecule has 1 fully saturated rings. The molecule has 1 aliphatic carbocycles. The molecule has 1 aliphatic rings. The molecule has 1 saturated carbocycles. The molecular weight excluding hydrogens is 487 g/mol. The van der Waals surface area contributed by atoms with E-state index >= 15 is 0 Å². The number of halogens is 3. The lowest BCUT2D eigenvalue weighted by molar-refractivity contribution is -0.137. The predicted octanol–water partition coefficient (Wildman–Crippen LogP) is 3.09. The molecule has 5 nitrogen and oxygen atoms in total. The van der Waals surface area contributed by atoms with Gasteiger partial charge in [0.25, 0.3) is 0 Å². The predicted molar refractivity (Wildman–Crippen MR) is 131 cm³/mol. The van der Waals surface area contributed by atoms with Crippen molar-refractivity contribution in [1.29, 1.82) is 26.3 Å². The van der Waals surface area contributed by atoms with Gasteiger partial charge in [0.05, 0.1) is 11.1 Å². The Kier molecular flexibility index (Phi) is 6.64. The van der Waals surface area contributed by atoms with Crippen LogP contribution < -0.4 is 20.9 Å². The van der Waals surface area contributed by atoms with Crippen LogP contribution in [-0.4, -0.2) is 0 Å². The highest BCUT2D eigenvalue weighted by Crippen LogP contribution is 2.50. The molecule has 0 amide bonds. The average Bonchev–Trinajstić information content (AvgIpc) is 3.66. The number of nitriles is 5. The molecule has 3 aromatic carbocycles. The summed E-state index contributed by atoms with van der Waals surface area (Å²) >= 11 is 0. The van der Waals surface area contributed by atoms with Crippen LogP contribution in [0.4, 0.5) is 13.2 Å². The van der Waals surface area contributed by atoms with Gasteiger partial charge in [0, 0.05) is 16.0 Å². The minimum Gasteiger partial charge on any atom is -0.192 e. The number of hydrogen-bond donors (Lipinski definition) is 0. The van der Waals surface area contributed by atoms with Crippen molar-refractivity contribution in [3.8, 4) is 30.3 Å². The van der Waals surface area contributed by atoms with Crippen molar-refractivity contribution < 1.29 is 13.2 Å². The summed E-state index contributed by atoms with van der Waals surface area (Å²) in [5.41, 5.74) is 1.45. The molecule has 0 saturated heterocycles. The third-order valence-corrected chi connectivity index (χ3v) is 5.92. The van der Waals surface area contributed by atoms with Gasteiger partial charge in [0.15, 0.2) is 0 Å². The molecule has 0 radical (unpaired) electrons. The lowest BCUT2D eigenvalue weighted by Gasteiger charge is -2.06. The SMILES string of the molecule is N#CC(=C1C(=c2ccc(=C(C#N)C#N)cc2)C1=c1ccc(=C(C#N)C#N)cc1)c1ccc(C(F)(F)F)cc1. The standard InChI is InChI=1S/C30H12F3N5/c31-30(32,33)25-11-9-20(10-12-25)26(17-38)29-27(21-5-1-18(2-6-21)23(13-34)14-35)28(29)22-7-3-19(4-8-22)24(15-36)16-37/h1-12H. The molecule has 178 valence electrons. The smallest absolute Gasteiger partial charge is 0.192 e. The second-order valence-corrected chi connectivity index (χ2v) is 8.04. The fraction of sp³-hybridized carbons (Fsp3) is 0.0333. The zero-order valence-corrected chi connectivity index (χ0v) is 19.3. The van der Waals surface area contributed by atoms with Gasteiger partial charge in [-0.2, -0.15) is 39.5 Å². The van der Waals surface area contributed by atoms with Crippen molar-refractivity contribution in [1.82, 2.24) is 0 Å². The molecule has 4 rings (SSSR count). The molecule has 0 unspecified atom stereocenters. The maximum absolute atomic E-state index is 13.1. The molecule has 0 heterocycles. The van der Waals surface area contributed by atoms with Crippen molar-refractivity contribution in [2.45, 2.75) is 6.18 Å². The normalized spacial score (nSPS) is 11.8. The minimum absolute atomic E-state index is 0.0580. The minimum atomic E-state index is -4.51. The third kappa shape index (κ3) is 4.65. The lowest BCUT2D eigenvalue weighted by atomic mass is 10.0. The maximum Gasteiger partial charge on any atom is 0.416 e. The third-order valence-electron chi connectivity index (χ3n) is 5.92. The van der Waals surface area contributed by atoms with E-state index in [0.717, 1.165) is 12.1 Å². The summed E-state index contributed by atoms with van der Waals surface area (Å²) < 4.78 is 39.2. The number of allylic oxidation sites excluding steroid dienone is 2. The second-order valence-electron chi connectivity index (χ2n) is 8.04. The Morgan fingerprint density at radius 1 is 0.526 bits per heavy atom. The van der Waals surface area contributed by atoms with Crippen LogP contribution in [0.3, 0.4) is 0 Å². The van der Waals surface area contributed by atoms with Gasteiger partial charge in [-0.05, 0) is 39.3 Å². The van der Waals surface area contributed by atoms with Crippen molar-refractivity contribution >= 4 is 27.9 Å². The van der Waals surface area contributed by atoms with Gasteiger partial charge in [0.2, 0.25) is 0 Å². The fourth-order valence-corrected chi connectivity index (χ4v) is 4.02. The topological polar surface area (TPSA) is 119 Å². The average molecular weight is 499 g/mol. The zero-order chi connectivity index (χ0) is 27.4. The van der Waals surface area contributed by atoms with Crippen LogP contribution in [0, 0.1) is 56.7 Å². The Balaban J connectivity index is 2.04. The summed E-state index contributed by atoms with van der Waals surface area (Å²) in [5.74, 6) is 0. The Hall–Kier alpha value is -5.88. The number of alkyl halides is 3. The van der Waals surface area contributed by atoms with Gasteiger partial charge in [-0.1, -0.05) is 60.7 Å². The molecule has 8 heteroatoms. The molecule has 0 aromatic heterocycles. The Labute approximate surface area is 214 Å². The number of benzene rings is 3. The Bertz CT molecular complexity index is 1810. The van der Waals surface area contributed by atoms with Crippen LogP contribution in [0.5, 0.6) is 0 Å².